The normalized spacial score (nSPS) is 11.9. The molecule has 4 aromatic rings. The number of carbonyl (C=O) groups is 1. The second-order valence-electron chi connectivity index (χ2n) is 7.08. The van der Waals surface area contributed by atoms with E-state index in [4.69, 9.17) is 9.47 Å². The summed E-state index contributed by atoms with van der Waals surface area (Å²) in [5.41, 5.74) is 2.59. The number of esters is 1. The maximum absolute atomic E-state index is 12.2. The lowest BCUT2D eigenvalue weighted by Gasteiger charge is -2.21. The van der Waals surface area contributed by atoms with Crippen LogP contribution in [0.3, 0.4) is 0 Å². The smallest absolute Gasteiger partial charge is 0.338 e. The zero-order valence-electron chi connectivity index (χ0n) is 17.7. The minimum absolute atomic E-state index is 0.156. The average molecular weight is 449 g/mol. The van der Waals surface area contributed by atoms with Gasteiger partial charge >= 0.3 is 5.97 Å². The monoisotopic (exact) mass is 448 g/mol. The average Bonchev–Trinajstić information content (AvgIpc) is 3.36. The fraction of sp³-hybridized carbons (Fsp3) is 0.200. The molecule has 6 nitrogen and oxygen atoms in total. The van der Waals surface area contributed by atoms with Crippen molar-refractivity contribution >= 4 is 33.9 Å². The third kappa shape index (κ3) is 4.90. The summed E-state index contributed by atoms with van der Waals surface area (Å²) in [7, 11) is 0. The number of nitrogens with zero attached hydrogens (tertiary/aromatic N) is 1. The van der Waals surface area contributed by atoms with Gasteiger partial charge in [0.25, 0.3) is 0 Å². The SMILES string of the molecule is CCOCCOC(=O)c1ccc(NC(c2cccs2)c2ccc3cccnc3c2O)cc1. The Morgan fingerprint density at radius 2 is 1.94 bits per heavy atom. The van der Waals surface area contributed by atoms with Gasteiger partial charge in [0.2, 0.25) is 0 Å². The van der Waals surface area contributed by atoms with Gasteiger partial charge < -0.3 is 19.9 Å². The van der Waals surface area contributed by atoms with Crippen LogP contribution < -0.4 is 5.32 Å². The van der Waals surface area contributed by atoms with E-state index in [-0.39, 0.29) is 24.4 Å². The molecule has 2 N–H and O–H groups in total. The molecule has 2 heterocycles. The van der Waals surface area contributed by atoms with E-state index in [2.05, 4.69) is 10.3 Å². The van der Waals surface area contributed by atoms with Crippen LogP contribution in [0.2, 0.25) is 0 Å². The number of aromatic hydroxyl groups is 1. The van der Waals surface area contributed by atoms with Crippen LogP contribution in [0, 0.1) is 0 Å². The standard InChI is InChI=1S/C25H24N2O4S/c1-2-30-14-15-31-25(29)18-7-10-19(11-8-18)27-23(21-6-4-16-32-21)20-12-9-17-5-3-13-26-22(17)24(20)28/h3-13,16,23,27-28H,2,14-15H2,1H3. The lowest BCUT2D eigenvalue weighted by atomic mass is 10.0. The summed E-state index contributed by atoms with van der Waals surface area (Å²) < 4.78 is 10.4. The Kier molecular flexibility index (Phi) is 6.99. The topological polar surface area (TPSA) is 80.7 Å². The molecule has 32 heavy (non-hydrogen) atoms. The second kappa shape index (κ2) is 10.3. The molecule has 0 fully saturated rings. The van der Waals surface area contributed by atoms with E-state index in [1.165, 1.54) is 0 Å². The fourth-order valence-electron chi connectivity index (χ4n) is 3.43. The number of phenols is 1. The van der Waals surface area contributed by atoms with Crippen LogP contribution in [-0.4, -0.2) is 35.9 Å². The van der Waals surface area contributed by atoms with Crippen molar-refractivity contribution < 1.29 is 19.4 Å². The number of phenolic OH excluding ortho intramolecular Hbond substituents is 1. The first-order valence-corrected chi connectivity index (χ1v) is 11.3. The predicted molar refractivity (Wildman–Crippen MR) is 126 cm³/mol. The van der Waals surface area contributed by atoms with Crippen LogP contribution in [-0.2, 0) is 9.47 Å². The fourth-order valence-corrected chi connectivity index (χ4v) is 4.22. The maximum Gasteiger partial charge on any atom is 0.338 e. The van der Waals surface area contributed by atoms with Crippen molar-refractivity contribution in [1.82, 2.24) is 4.98 Å². The number of nitrogens with one attached hydrogen (secondary N) is 1. The molecule has 0 amide bonds. The summed E-state index contributed by atoms with van der Waals surface area (Å²) in [5.74, 6) is -0.229. The van der Waals surface area contributed by atoms with E-state index in [0.29, 0.717) is 24.3 Å². The van der Waals surface area contributed by atoms with Crippen LogP contribution in [0.1, 0.15) is 33.8 Å². The molecule has 0 aliphatic rings. The van der Waals surface area contributed by atoms with Gasteiger partial charge in [0, 0.05) is 34.3 Å². The van der Waals surface area contributed by atoms with Crippen molar-refractivity contribution in [3.8, 4) is 5.75 Å². The van der Waals surface area contributed by atoms with Gasteiger partial charge in [-0.1, -0.05) is 24.3 Å². The quantitative estimate of drug-likeness (QED) is 0.264. The highest BCUT2D eigenvalue weighted by atomic mass is 32.1. The molecule has 0 saturated heterocycles. The number of hydrogen-bond acceptors (Lipinski definition) is 7. The van der Waals surface area contributed by atoms with E-state index >= 15 is 0 Å². The Morgan fingerprint density at radius 1 is 1.09 bits per heavy atom. The lowest BCUT2D eigenvalue weighted by molar-refractivity contribution is 0.0335. The number of carbonyl (C=O) groups excluding carboxylic acids is 1. The Balaban J connectivity index is 1.56. The van der Waals surface area contributed by atoms with Crippen molar-refractivity contribution in [3.05, 3.63) is 88.2 Å². The molecule has 0 bridgehead atoms. The third-order valence-electron chi connectivity index (χ3n) is 5.01. The highest BCUT2D eigenvalue weighted by molar-refractivity contribution is 7.10. The zero-order chi connectivity index (χ0) is 22.3. The van der Waals surface area contributed by atoms with E-state index in [1.807, 2.05) is 60.8 Å². The first kappa shape index (κ1) is 21.8. The first-order chi connectivity index (χ1) is 15.7. The van der Waals surface area contributed by atoms with Crippen LogP contribution in [0.4, 0.5) is 5.69 Å². The molecule has 0 spiro atoms. The summed E-state index contributed by atoms with van der Waals surface area (Å²) >= 11 is 1.60. The van der Waals surface area contributed by atoms with Gasteiger partial charge in [0.15, 0.2) is 0 Å². The second-order valence-corrected chi connectivity index (χ2v) is 8.06. The van der Waals surface area contributed by atoms with Crippen molar-refractivity contribution in [2.24, 2.45) is 0 Å². The number of pyridine rings is 1. The van der Waals surface area contributed by atoms with E-state index in [9.17, 15) is 9.90 Å². The summed E-state index contributed by atoms with van der Waals surface area (Å²) in [6.45, 7) is 3.09. The van der Waals surface area contributed by atoms with Gasteiger partial charge in [0.1, 0.15) is 17.9 Å². The number of ether oxygens (including phenoxy) is 2. The van der Waals surface area contributed by atoms with Crippen molar-refractivity contribution in [2.45, 2.75) is 13.0 Å². The summed E-state index contributed by atoms with van der Waals surface area (Å²) in [6, 6.07) is 18.5. The highest BCUT2D eigenvalue weighted by Gasteiger charge is 2.21. The number of hydrogen-bond donors (Lipinski definition) is 2. The number of thiophene rings is 1. The lowest BCUT2D eigenvalue weighted by Crippen LogP contribution is -2.13. The summed E-state index contributed by atoms with van der Waals surface area (Å²) in [5, 5.41) is 17.3. The van der Waals surface area contributed by atoms with Crippen molar-refractivity contribution in [3.63, 3.8) is 0 Å². The van der Waals surface area contributed by atoms with Gasteiger partial charge in [-0.15, -0.1) is 11.3 Å². The molecule has 2 aromatic heterocycles. The Bertz CT molecular complexity index is 1180. The van der Waals surface area contributed by atoms with Crippen LogP contribution in [0.25, 0.3) is 10.9 Å². The Labute approximate surface area is 190 Å². The van der Waals surface area contributed by atoms with Gasteiger partial charge in [-0.2, -0.15) is 0 Å². The first-order valence-electron chi connectivity index (χ1n) is 10.4. The van der Waals surface area contributed by atoms with Crippen LogP contribution in [0.5, 0.6) is 5.75 Å². The Morgan fingerprint density at radius 3 is 2.69 bits per heavy atom. The molecule has 0 saturated carbocycles. The van der Waals surface area contributed by atoms with Crippen molar-refractivity contribution in [1.29, 1.82) is 0 Å². The van der Waals surface area contributed by atoms with Gasteiger partial charge in [-0.25, -0.2) is 4.79 Å². The molecule has 0 aliphatic carbocycles. The predicted octanol–water partition coefficient (Wildman–Crippen LogP) is 5.40. The molecule has 0 aliphatic heterocycles. The zero-order valence-corrected chi connectivity index (χ0v) is 18.5. The number of anilines is 1. The largest absolute Gasteiger partial charge is 0.505 e. The Hall–Kier alpha value is -3.42. The molecule has 4 rings (SSSR count). The molecule has 1 atom stereocenters. The maximum atomic E-state index is 12.2. The molecule has 2 aromatic carbocycles. The molecule has 0 radical (unpaired) electrons. The van der Waals surface area contributed by atoms with E-state index < -0.39 is 0 Å². The molecular weight excluding hydrogens is 424 g/mol. The number of benzene rings is 2. The highest BCUT2D eigenvalue weighted by Crippen LogP contribution is 2.37. The third-order valence-corrected chi connectivity index (χ3v) is 5.95. The number of rotatable bonds is 9. The molecule has 7 heteroatoms. The van der Waals surface area contributed by atoms with Crippen LogP contribution in [0.15, 0.2) is 72.2 Å². The molecule has 164 valence electrons. The van der Waals surface area contributed by atoms with E-state index in [0.717, 1.165) is 21.5 Å². The van der Waals surface area contributed by atoms with Crippen LogP contribution >= 0.6 is 11.3 Å². The minimum atomic E-state index is -0.385. The number of fused-ring (bicyclic) bond motifs is 1. The van der Waals surface area contributed by atoms with E-state index in [1.54, 1.807) is 29.7 Å². The minimum Gasteiger partial charge on any atom is -0.505 e. The number of aromatic nitrogens is 1. The van der Waals surface area contributed by atoms with Gasteiger partial charge in [-0.05, 0) is 48.7 Å². The molecule has 1 unspecified atom stereocenters. The van der Waals surface area contributed by atoms with Crippen molar-refractivity contribution in [2.75, 3.05) is 25.1 Å². The summed E-state index contributed by atoms with van der Waals surface area (Å²) in [6.07, 6.45) is 1.67. The summed E-state index contributed by atoms with van der Waals surface area (Å²) in [4.78, 5) is 17.6. The van der Waals surface area contributed by atoms with Gasteiger partial charge in [0.05, 0.1) is 18.2 Å². The molecular formula is C25H24N2O4S. The van der Waals surface area contributed by atoms with Gasteiger partial charge in [-0.3, -0.25) is 4.98 Å².